The number of carbonyl (C=O) groups excluding carboxylic acids is 1. The summed E-state index contributed by atoms with van der Waals surface area (Å²) in [5.74, 6) is -0.126. The van der Waals surface area contributed by atoms with Crippen molar-refractivity contribution in [3.8, 4) is 16.9 Å². The van der Waals surface area contributed by atoms with E-state index in [0.29, 0.717) is 10.4 Å². The number of rotatable bonds is 6. The minimum absolute atomic E-state index is 0.0724. The number of amides is 1. The molecule has 3 nitrogen and oxygen atoms in total. The Labute approximate surface area is 154 Å². The van der Waals surface area contributed by atoms with Crippen LogP contribution >= 0.6 is 11.3 Å². The monoisotopic (exact) mass is 373 g/mol. The number of carbonyl (C=O) groups is 1. The topological polar surface area (TPSA) is 38.3 Å². The van der Waals surface area contributed by atoms with Crippen LogP contribution in [0.2, 0.25) is 0 Å². The molecule has 0 aliphatic heterocycles. The fraction of sp³-hybridized carbons (Fsp3) is 0.150. The summed E-state index contributed by atoms with van der Waals surface area (Å²) in [6.07, 6.45) is 0. The van der Waals surface area contributed by atoms with Crippen LogP contribution in [0.3, 0.4) is 0 Å². The van der Waals surface area contributed by atoms with Gasteiger partial charge in [-0.2, -0.15) is 8.78 Å². The van der Waals surface area contributed by atoms with E-state index in [-0.39, 0.29) is 18.2 Å². The predicted octanol–water partition coefficient (Wildman–Crippen LogP) is 5.25. The molecule has 3 aromatic rings. The van der Waals surface area contributed by atoms with Crippen LogP contribution in [0.15, 0.2) is 60.0 Å². The molecule has 1 heterocycles. The highest BCUT2D eigenvalue weighted by Gasteiger charge is 2.14. The Kier molecular flexibility index (Phi) is 5.63. The Balaban J connectivity index is 1.70. The lowest BCUT2D eigenvalue weighted by atomic mass is 10.0. The number of hydrogen-bond acceptors (Lipinski definition) is 3. The van der Waals surface area contributed by atoms with Gasteiger partial charge in [-0.15, -0.1) is 11.3 Å². The van der Waals surface area contributed by atoms with Crippen molar-refractivity contribution in [1.82, 2.24) is 5.32 Å². The molecule has 0 unspecified atom stereocenters. The zero-order valence-corrected chi connectivity index (χ0v) is 14.9. The average Bonchev–Trinajstić information content (AvgIpc) is 3.10. The van der Waals surface area contributed by atoms with Crippen LogP contribution in [0.4, 0.5) is 8.78 Å². The second kappa shape index (κ2) is 8.10. The van der Waals surface area contributed by atoms with Crippen LogP contribution in [-0.2, 0) is 6.54 Å². The molecule has 6 heteroatoms. The summed E-state index contributed by atoms with van der Waals surface area (Å²) in [7, 11) is 0. The second-order valence-corrected chi connectivity index (χ2v) is 6.65. The van der Waals surface area contributed by atoms with Crippen molar-refractivity contribution in [1.29, 1.82) is 0 Å². The smallest absolute Gasteiger partial charge is 0.387 e. The Morgan fingerprint density at radius 2 is 1.92 bits per heavy atom. The molecule has 0 saturated heterocycles. The van der Waals surface area contributed by atoms with E-state index in [1.807, 2.05) is 42.6 Å². The summed E-state index contributed by atoms with van der Waals surface area (Å²) in [4.78, 5) is 13.2. The number of hydrogen-bond donors (Lipinski definition) is 1. The molecule has 134 valence electrons. The molecule has 0 bridgehead atoms. The van der Waals surface area contributed by atoms with Crippen LogP contribution in [-0.4, -0.2) is 12.5 Å². The van der Waals surface area contributed by atoms with Crippen LogP contribution in [0.5, 0.6) is 5.75 Å². The molecule has 0 fully saturated rings. The quantitative estimate of drug-likeness (QED) is 0.640. The Bertz CT molecular complexity index is 891. The maximum absolute atomic E-state index is 12.6. The van der Waals surface area contributed by atoms with Crippen LogP contribution in [0.1, 0.15) is 20.8 Å². The first kappa shape index (κ1) is 18.1. The highest BCUT2D eigenvalue weighted by Crippen LogP contribution is 2.28. The molecule has 3 rings (SSSR count). The van der Waals surface area contributed by atoms with Crippen molar-refractivity contribution in [3.63, 3.8) is 0 Å². The SMILES string of the molecule is Cc1ccc(-c2ccsc2C(=O)NCc2cccc(OC(F)F)c2)cc1. The summed E-state index contributed by atoms with van der Waals surface area (Å²) in [6, 6.07) is 16.2. The number of ether oxygens (including phenoxy) is 1. The molecule has 1 N–H and O–H groups in total. The molecular weight excluding hydrogens is 356 g/mol. The van der Waals surface area contributed by atoms with Gasteiger partial charge in [0.2, 0.25) is 0 Å². The average molecular weight is 373 g/mol. The van der Waals surface area contributed by atoms with Crippen LogP contribution < -0.4 is 10.1 Å². The van der Waals surface area contributed by atoms with Gasteiger partial charge in [0.05, 0.1) is 4.88 Å². The molecule has 1 amide bonds. The molecule has 2 aromatic carbocycles. The van der Waals surface area contributed by atoms with Crippen molar-refractivity contribution < 1.29 is 18.3 Å². The molecular formula is C20H17F2NO2S. The number of halogens is 2. The summed E-state index contributed by atoms with van der Waals surface area (Å²) >= 11 is 1.37. The van der Waals surface area contributed by atoms with Crippen molar-refractivity contribution in [2.45, 2.75) is 20.1 Å². The molecule has 0 aliphatic rings. The molecule has 0 saturated carbocycles. The second-order valence-electron chi connectivity index (χ2n) is 5.74. The zero-order valence-electron chi connectivity index (χ0n) is 14.0. The predicted molar refractivity (Wildman–Crippen MR) is 98.7 cm³/mol. The third kappa shape index (κ3) is 4.46. The largest absolute Gasteiger partial charge is 0.435 e. The first-order valence-electron chi connectivity index (χ1n) is 7.99. The van der Waals surface area contributed by atoms with Gasteiger partial charge in [-0.3, -0.25) is 4.79 Å². The molecule has 0 radical (unpaired) electrons. The fourth-order valence-electron chi connectivity index (χ4n) is 2.54. The normalized spacial score (nSPS) is 10.8. The van der Waals surface area contributed by atoms with Gasteiger partial charge in [0.15, 0.2) is 0 Å². The highest BCUT2D eigenvalue weighted by atomic mass is 32.1. The van der Waals surface area contributed by atoms with Gasteiger partial charge in [-0.1, -0.05) is 42.0 Å². The van der Waals surface area contributed by atoms with Gasteiger partial charge < -0.3 is 10.1 Å². The van der Waals surface area contributed by atoms with Gasteiger partial charge in [-0.25, -0.2) is 0 Å². The maximum Gasteiger partial charge on any atom is 0.387 e. The Morgan fingerprint density at radius 1 is 1.15 bits per heavy atom. The van der Waals surface area contributed by atoms with Crippen molar-refractivity contribution in [2.24, 2.45) is 0 Å². The van der Waals surface area contributed by atoms with Crippen molar-refractivity contribution in [2.75, 3.05) is 0 Å². The van der Waals surface area contributed by atoms with Gasteiger partial charge in [-0.05, 0) is 41.6 Å². The van der Waals surface area contributed by atoms with E-state index >= 15 is 0 Å². The third-order valence-corrected chi connectivity index (χ3v) is 4.72. The van der Waals surface area contributed by atoms with Crippen molar-refractivity contribution >= 4 is 17.2 Å². The zero-order chi connectivity index (χ0) is 18.5. The fourth-order valence-corrected chi connectivity index (χ4v) is 3.37. The van der Waals surface area contributed by atoms with E-state index in [9.17, 15) is 13.6 Å². The maximum atomic E-state index is 12.6. The first-order valence-corrected chi connectivity index (χ1v) is 8.87. The van der Waals surface area contributed by atoms with Crippen molar-refractivity contribution in [3.05, 3.63) is 76.0 Å². The number of aryl methyl sites for hydroxylation is 1. The standard InChI is InChI=1S/C20H17F2NO2S/c1-13-5-7-15(8-6-13)17-9-10-26-18(17)19(24)23-12-14-3-2-4-16(11-14)25-20(21)22/h2-11,20H,12H2,1H3,(H,23,24). The van der Waals surface area contributed by atoms with Crippen LogP contribution in [0.25, 0.3) is 11.1 Å². The van der Waals surface area contributed by atoms with Gasteiger partial charge >= 0.3 is 6.61 Å². The van der Waals surface area contributed by atoms with E-state index < -0.39 is 6.61 Å². The molecule has 26 heavy (non-hydrogen) atoms. The summed E-state index contributed by atoms with van der Waals surface area (Å²) in [6.45, 7) is -0.635. The van der Waals surface area contributed by atoms with E-state index in [4.69, 9.17) is 0 Å². The van der Waals surface area contributed by atoms with E-state index in [0.717, 1.165) is 16.7 Å². The molecule has 0 spiro atoms. The number of alkyl halides is 2. The summed E-state index contributed by atoms with van der Waals surface area (Å²) < 4.78 is 29.0. The number of nitrogens with one attached hydrogen (secondary N) is 1. The van der Waals surface area contributed by atoms with Gasteiger partial charge in [0, 0.05) is 12.1 Å². The molecule has 0 atom stereocenters. The third-order valence-electron chi connectivity index (χ3n) is 3.81. The summed E-state index contributed by atoms with van der Waals surface area (Å²) in [5.41, 5.74) is 3.70. The molecule has 1 aromatic heterocycles. The minimum Gasteiger partial charge on any atom is -0.435 e. The van der Waals surface area contributed by atoms with E-state index in [1.165, 1.54) is 23.5 Å². The Hall–Kier alpha value is -2.73. The Morgan fingerprint density at radius 3 is 2.65 bits per heavy atom. The minimum atomic E-state index is -2.87. The molecule has 0 aliphatic carbocycles. The first-order chi connectivity index (χ1) is 12.5. The lowest BCUT2D eigenvalue weighted by Crippen LogP contribution is -2.22. The lowest BCUT2D eigenvalue weighted by Gasteiger charge is -2.09. The van der Waals surface area contributed by atoms with E-state index in [2.05, 4.69) is 10.1 Å². The number of thiophene rings is 1. The van der Waals surface area contributed by atoms with Gasteiger partial charge in [0.25, 0.3) is 5.91 Å². The number of benzene rings is 2. The summed E-state index contributed by atoms with van der Waals surface area (Å²) in [5, 5.41) is 4.71. The van der Waals surface area contributed by atoms with E-state index in [1.54, 1.807) is 12.1 Å². The lowest BCUT2D eigenvalue weighted by molar-refractivity contribution is -0.0498. The van der Waals surface area contributed by atoms with Crippen LogP contribution in [0, 0.1) is 6.92 Å². The van der Waals surface area contributed by atoms with Gasteiger partial charge in [0.1, 0.15) is 5.75 Å². The highest BCUT2D eigenvalue weighted by molar-refractivity contribution is 7.12.